The van der Waals surface area contributed by atoms with Crippen LogP contribution in [0.25, 0.3) is 11.1 Å². The lowest BCUT2D eigenvalue weighted by Gasteiger charge is -2.10. The monoisotopic (exact) mass is 244 g/mol. The minimum absolute atomic E-state index is 0.327. The minimum Gasteiger partial charge on any atom is -0.493 e. The second-order valence-electron chi connectivity index (χ2n) is 3.81. The maximum atomic E-state index is 13.2. The van der Waals surface area contributed by atoms with Crippen LogP contribution in [0.5, 0.6) is 5.75 Å². The Labute approximate surface area is 105 Å². The van der Waals surface area contributed by atoms with Crippen molar-refractivity contribution in [1.29, 1.82) is 0 Å². The number of carbonyl (C=O) groups excluding carboxylic acids is 1. The smallest absolute Gasteiger partial charge is 0.150 e. The molecule has 0 aliphatic carbocycles. The molecule has 3 heteroatoms. The van der Waals surface area contributed by atoms with Crippen LogP contribution >= 0.6 is 0 Å². The van der Waals surface area contributed by atoms with Gasteiger partial charge in [0.25, 0.3) is 0 Å². The molecule has 0 heterocycles. The number of carbonyl (C=O) groups is 1. The summed E-state index contributed by atoms with van der Waals surface area (Å²) >= 11 is 0. The molecule has 0 aromatic heterocycles. The van der Waals surface area contributed by atoms with Crippen LogP contribution in [-0.2, 0) is 0 Å². The fourth-order valence-corrected chi connectivity index (χ4v) is 1.75. The number of hydrogen-bond acceptors (Lipinski definition) is 2. The summed E-state index contributed by atoms with van der Waals surface area (Å²) in [6, 6.07) is 11.5. The van der Waals surface area contributed by atoms with Crippen LogP contribution in [0.4, 0.5) is 4.39 Å². The van der Waals surface area contributed by atoms with Gasteiger partial charge in [0.15, 0.2) is 0 Å². The Kier molecular flexibility index (Phi) is 3.72. The first-order valence-corrected chi connectivity index (χ1v) is 5.72. The average Bonchev–Trinajstić information content (AvgIpc) is 2.40. The molecular formula is C15H13FO2. The third kappa shape index (κ3) is 2.56. The number of rotatable bonds is 4. The second kappa shape index (κ2) is 5.45. The van der Waals surface area contributed by atoms with Crippen molar-refractivity contribution in [2.45, 2.75) is 6.92 Å². The topological polar surface area (TPSA) is 26.3 Å². The Morgan fingerprint density at radius 1 is 1.17 bits per heavy atom. The van der Waals surface area contributed by atoms with Crippen LogP contribution in [0.15, 0.2) is 42.5 Å². The number of aldehydes is 1. The van der Waals surface area contributed by atoms with Crippen molar-refractivity contribution >= 4 is 6.29 Å². The summed E-state index contributed by atoms with van der Waals surface area (Å²) in [5, 5.41) is 0. The van der Waals surface area contributed by atoms with Gasteiger partial charge in [-0.05, 0) is 24.6 Å². The summed E-state index contributed by atoms with van der Waals surface area (Å²) in [6.07, 6.45) is 0.790. The van der Waals surface area contributed by atoms with Gasteiger partial charge < -0.3 is 4.74 Å². The van der Waals surface area contributed by atoms with Gasteiger partial charge in [-0.3, -0.25) is 4.79 Å². The van der Waals surface area contributed by atoms with Gasteiger partial charge in [0.05, 0.1) is 6.61 Å². The Hall–Kier alpha value is -2.16. The molecule has 0 unspecified atom stereocenters. The molecule has 0 bridgehead atoms. The van der Waals surface area contributed by atoms with E-state index in [4.69, 9.17) is 4.74 Å². The standard InChI is InChI=1S/C15H13FO2/c1-2-18-15-9-13(16)7-8-14(15)12-5-3-11(10-17)4-6-12/h3-10H,2H2,1H3. The SMILES string of the molecule is CCOc1cc(F)ccc1-c1ccc(C=O)cc1. The fraction of sp³-hybridized carbons (Fsp3) is 0.133. The van der Waals surface area contributed by atoms with Crippen LogP contribution in [0.2, 0.25) is 0 Å². The van der Waals surface area contributed by atoms with E-state index >= 15 is 0 Å². The summed E-state index contributed by atoms with van der Waals surface area (Å²) in [6.45, 7) is 2.33. The predicted molar refractivity (Wildman–Crippen MR) is 68.4 cm³/mol. The van der Waals surface area contributed by atoms with Crippen LogP contribution < -0.4 is 4.74 Å². The Bertz CT molecular complexity index is 547. The van der Waals surface area contributed by atoms with Crippen LogP contribution in [0, 0.1) is 5.82 Å². The Morgan fingerprint density at radius 3 is 2.50 bits per heavy atom. The van der Waals surface area contributed by atoms with E-state index in [9.17, 15) is 9.18 Å². The molecule has 2 nitrogen and oxygen atoms in total. The first kappa shape index (κ1) is 12.3. The zero-order valence-electron chi connectivity index (χ0n) is 10.0. The summed E-state index contributed by atoms with van der Waals surface area (Å²) in [5.41, 5.74) is 2.32. The van der Waals surface area contributed by atoms with Crippen molar-refractivity contribution in [2.75, 3.05) is 6.61 Å². The van der Waals surface area contributed by atoms with Crippen LogP contribution in [0.3, 0.4) is 0 Å². The van der Waals surface area contributed by atoms with Gasteiger partial charge in [0.1, 0.15) is 17.9 Å². The lowest BCUT2D eigenvalue weighted by molar-refractivity contribution is 0.112. The molecule has 2 rings (SSSR count). The normalized spacial score (nSPS) is 10.1. The van der Waals surface area contributed by atoms with E-state index in [1.54, 1.807) is 18.2 Å². The Balaban J connectivity index is 2.44. The summed E-state index contributed by atoms with van der Waals surface area (Å²) in [7, 11) is 0. The molecule has 0 N–H and O–H groups in total. The molecule has 0 aliphatic rings. The highest BCUT2D eigenvalue weighted by Crippen LogP contribution is 2.30. The summed E-state index contributed by atoms with van der Waals surface area (Å²) < 4.78 is 18.6. The van der Waals surface area contributed by atoms with E-state index in [2.05, 4.69) is 0 Å². The predicted octanol–water partition coefficient (Wildman–Crippen LogP) is 3.70. The van der Waals surface area contributed by atoms with Gasteiger partial charge in [-0.2, -0.15) is 0 Å². The van der Waals surface area contributed by atoms with E-state index in [1.165, 1.54) is 12.1 Å². The summed E-state index contributed by atoms with van der Waals surface area (Å²) in [5.74, 6) is 0.183. The first-order chi connectivity index (χ1) is 8.74. The van der Waals surface area contributed by atoms with Gasteiger partial charge in [-0.25, -0.2) is 4.39 Å². The van der Waals surface area contributed by atoms with E-state index < -0.39 is 0 Å². The zero-order valence-corrected chi connectivity index (χ0v) is 10.0. The maximum absolute atomic E-state index is 13.2. The van der Waals surface area contributed by atoms with Gasteiger partial charge >= 0.3 is 0 Å². The van der Waals surface area contributed by atoms with E-state index in [0.29, 0.717) is 17.9 Å². The quantitative estimate of drug-likeness (QED) is 0.766. The van der Waals surface area contributed by atoms with E-state index in [1.807, 2.05) is 19.1 Å². The van der Waals surface area contributed by atoms with Crippen LogP contribution in [0.1, 0.15) is 17.3 Å². The number of benzene rings is 2. The Morgan fingerprint density at radius 2 is 1.89 bits per heavy atom. The number of hydrogen-bond donors (Lipinski definition) is 0. The maximum Gasteiger partial charge on any atom is 0.150 e. The zero-order chi connectivity index (χ0) is 13.0. The van der Waals surface area contributed by atoms with Crippen molar-refractivity contribution in [3.63, 3.8) is 0 Å². The minimum atomic E-state index is -0.327. The summed E-state index contributed by atoms with van der Waals surface area (Å²) in [4.78, 5) is 10.6. The second-order valence-corrected chi connectivity index (χ2v) is 3.81. The molecule has 0 amide bonds. The van der Waals surface area contributed by atoms with Gasteiger partial charge in [-0.15, -0.1) is 0 Å². The van der Waals surface area contributed by atoms with Crippen molar-refractivity contribution in [2.24, 2.45) is 0 Å². The van der Waals surface area contributed by atoms with Crippen molar-refractivity contribution < 1.29 is 13.9 Å². The molecule has 2 aromatic rings. The molecular weight excluding hydrogens is 231 g/mol. The van der Waals surface area contributed by atoms with E-state index in [-0.39, 0.29) is 5.82 Å². The highest BCUT2D eigenvalue weighted by atomic mass is 19.1. The molecule has 0 saturated carbocycles. The fourth-order valence-electron chi connectivity index (χ4n) is 1.75. The van der Waals surface area contributed by atoms with Gasteiger partial charge in [0, 0.05) is 17.2 Å². The molecule has 92 valence electrons. The molecule has 2 aromatic carbocycles. The molecule has 0 aliphatic heterocycles. The molecule has 0 saturated heterocycles. The third-order valence-corrected chi connectivity index (χ3v) is 2.60. The van der Waals surface area contributed by atoms with Crippen molar-refractivity contribution in [3.8, 4) is 16.9 Å². The van der Waals surface area contributed by atoms with Crippen LogP contribution in [-0.4, -0.2) is 12.9 Å². The molecule has 0 spiro atoms. The molecule has 0 fully saturated rings. The first-order valence-electron chi connectivity index (χ1n) is 5.72. The number of ether oxygens (including phenoxy) is 1. The van der Waals surface area contributed by atoms with E-state index in [0.717, 1.165) is 17.4 Å². The molecule has 0 radical (unpaired) electrons. The lowest BCUT2D eigenvalue weighted by atomic mass is 10.0. The number of halogens is 1. The molecule has 0 atom stereocenters. The van der Waals surface area contributed by atoms with Crippen molar-refractivity contribution in [1.82, 2.24) is 0 Å². The van der Waals surface area contributed by atoms with Gasteiger partial charge in [-0.1, -0.05) is 24.3 Å². The molecule has 18 heavy (non-hydrogen) atoms. The highest BCUT2D eigenvalue weighted by Gasteiger charge is 2.07. The largest absolute Gasteiger partial charge is 0.493 e. The van der Waals surface area contributed by atoms with Crippen molar-refractivity contribution in [3.05, 3.63) is 53.8 Å². The third-order valence-electron chi connectivity index (χ3n) is 2.60. The highest BCUT2D eigenvalue weighted by molar-refractivity contribution is 5.78. The van der Waals surface area contributed by atoms with Gasteiger partial charge in [0.2, 0.25) is 0 Å². The lowest BCUT2D eigenvalue weighted by Crippen LogP contribution is -1.95. The average molecular weight is 244 g/mol.